The van der Waals surface area contributed by atoms with E-state index >= 15 is 0 Å². The van der Waals surface area contributed by atoms with Crippen LogP contribution in [0.2, 0.25) is 0 Å². The highest BCUT2D eigenvalue weighted by Crippen LogP contribution is 2.15. The van der Waals surface area contributed by atoms with E-state index in [0.29, 0.717) is 0 Å². The fourth-order valence-electron chi connectivity index (χ4n) is 3.89. The summed E-state index contributed by atoms with van der Waals surface area (Å²) in [5.74, 6) is 1.02. The largest absolute Gasteiger partial charge is 0.379 e. The van der Waals surface area contributed by atoms with Crippen molar-refractivity contribution in [1.82, 2.24) is 0 Å². The van der Waals surface area contributed by atoms with Crippen molar-refractivity contribution in [2.75, 3.05) is 5.75 Å². The van der Waals surface area contributed by atoms with E-state index in [1.807, 2.05) is 0 Å². The fraction of sp³-hybridized carbons (Fsp3) is 0.960. The number of amidine groups is 1. The molecule has 3 N–H and O–H groups in total. The SMILES string of the molecule is CCCCCCCCCCCCCCCCCCCCCCCCSC(=N)N. The number of nitrogens with one attached hydrogen (secondary N) is 1. The summed E-state index contributed by atoms with van der Waals surface area (Å²) in [5.41, 5.74) is 5.33. The van der Waals surface area contributed by atoms with Crippen LogP contribution in [0.5, 0.6) is 0 Å². The molecule has 168 valence electrons. The minimum Gasteiger partial charge on any atom is -0.379 e. The van der Waals surface area contributed by atoms with E-state index < -0.39 is 0 Å². The lowest BCUT2D eigenvalue weighted by Gasteiger charge is -2.04. The Labute approximate surface area is 182 Å². The minimum atomic E-state index is 0.267. The van der Waals surface area contributed by atoms with Gasteiger partial charge in [-0.1, -0.05) is 154 Å². The molecule has 0 spiro atoms. The second-order valence-electron chi connectivity index (χ2n) is 8.64. The summed E-state index contributed by atoms with van der Waals surface area (Å²) < 4.78 is 0. The maximum atomic E-state index is 7.16. The Hall–Kier alpha value is -0.180. The van der Waals surface area contributed by atoms with Crippen LogP contribution < -0.4 is 5.73 Å². The second-order valence-corrected chi connectivity index (χ2v) is 9.77. The van der Waals surface area contributed by atoms with Crippen molar-refractivity contribution in [1.29, 1.82) is 5.41 Å². The van der Waals surface area contributed by atoms with E-state index in [4.69, 9.17) is 11.1 Å². The molecule has 0 aliphatic carbocycles. The maximum absolute atomic E-state index is 7.16. The molecule has 0 amide bonds. The topological polar surface area (TPSA) is 49.9 Å². The zero-order chi connectivity index (χ0) is 20.5. The number of nitrogens with two attached hydrogens (primary N) is 1. The molecule has 0 saturated carbocycles. The van der Waals surface area contributed by atoms with Gasteiger partial charge in [-0.25, -0.2) is 0 Å². The Bertz CT molecular complexity index is 307. The van der Waals surface area contributed by atoms with E-state index in [-0.39, 0.29) is 5.17 Å². The Morgan fingerprint density at radius 2 is 0.750 bits per heavy atom. The molecule has 0 fully saturated rings. The number of rotatable bonds is 23. The van der Waals surface area contributed by atoms with Gasteiger partial charge in [0.15, 0.2) is 5.17 Å². The quantitative estimate of drug-likeness (QED) is 0.0997. The van der Waals surface area contributed by atoms with Crippen LogP contribution in [0.3, 0.4) is 0 Å². The van der Waals surface area contributed by atoms with Gasteiger partial charge in [-0.3, -0.25) is 5.41 Å². The summed E-state index contributed by atoms with van der Waals surface area (Å²) in [4.78, 5) is 0. The molecular weight excluding hydrogens is 360 g/mol. The first-order valence-corrected chi connectivity index (χ1v) is 13.7. The number of hydrogen-bond acceptors (Lipinski definition) is 2. The molecule has 0 aromatic rings. The van der Waals surface area contributed by atoms with Crippen molar-refractivity contribution < 1.29 is 0 Å². The van der Waals surface area contributed by atoms with Gasteiger partial charge in [0.05, 0.1) is 0 Å². The third-order valence-electron chi connectivity index (χ3n) is 5.76. The molecule has 3 heteroatoms. The molecule has 0 aromatic carbocycles. The first-order valence-electron chi connectivity index (χ1n) is 12.7. The van der Waals surface area contributed by atoms with Crippen LogP contribution in [-0.2, 0) is 0 Å². The lowest BCUT2D eigenvalue weighted by molar-refractivity contribution is 0.520. The van der Waals surface area contributed by atoms with Gasteiger partial charge >= 0.3 is 0 Å². The summed E-state index contributed by atoms with van der Waals surface area (Å²) in [6.45, 7) is 2.30. The summed E-state index contributed by atoms with van der Waals surface area (Å²) in [7, 11) is 0. The Kier molecular flexibility index (Phi) is 24.7. The van der Waals surface area contributed by atoms with Gasteiger partial charge in [-0.05, 0) is 6.42 Å². The van der Waals surface area contributed by atoms with E-state index in [0.717, 1.165) is 5.75 Å². The van der Waals surface area contributed by atoms with Crippen LogP contribution in [0.15, 0.2) is 0 Å². The molecule has 0 aliphatic rings. The highest BCUT2D eigenvalue weighted by molar-refractivity contribution is 8.13. The molecule has 0 radical (unpaired) electrons. The highest BCUT2D eigenvalue weighted by atomic mass is 32.2. The predicted molar refractivity (Wildman–Crippen MR) is 132 cm³/mol. The Morgan fingerprint density at radius 3 is 1.00 bits per heavy atom. The van der Waals surface area contributed by atoms with Crippen LogP contribution in [0.4, 0.5) is 0 Å². The number of thioether (sulfide) groups is 1. The monoisotopic (exact) mass is 412 g/mol. The molecule has 28 heavy (non-hydrogen) atoms. The van der Waals surface area contributed by atoms with Crippen molar-refractivity contribution >= 4 is 16.9 Å². The number of hydrogen-bond donors (Lipinski definition) is 2. The molecule has 0 aromatic heterocycles. The molecular formula is C25H52N2S. The predicted octanol–water partition coefficient (Wildman–Crippen LogP) is 9.22. The van der Waals surface area contributed by atoms with Gasteiger partial charge in [0.25, 0.3) is 0 Å². The van der Waals surface area contributed by atoms with Crippen molar-refractivity contribution in [3.05, 3.63) is 0 Å². The third kappa shape index (κ3) is 25.8. The van der Waals surface area contributed by atoms with Gasteiger partial charge in [-0.15, -0.1) is 0 Å². The van der Waals surface area contributed by atoms with Gasteiger partial charge in [0.2, 0.25) is 0 Å². The first-order chi connectivity index (χ1) is 13.8. The highest BCUT2D eigenvalue weighted by Gasteiger charge is 1.96. The molecule has 0 rings (SSSR count). The van der Waals surface area contributed by atoms with Crippen molar-refractivity contribution in [3.8, 4) is 0 Å². The molecule has 0 aliphatic heterocycles. The second kappa shape index (κ2) is 24.9. The average molecular weight is 413 g/mol. The third-order valence-corrected chi connectivity index (χ3v) is 6.56. The summed E-state index contributed by atoms with van der Waals surface area (Å²) >= 11 is 1.48. The summed E-state index contributed by atoms with van der Waals surface area (Å²) in [6.07, 6.45) is 31.4. The van der Waals surface area contributed by atoms with Crippen molar-refractivity contribution in [2.24, 2.45) is 5.73 Å². The smallest absolute Gasteiger partial charge is 0.151 e. The summed E-state index contributed by atoms with van der Waals surface area (Å²) in [5, 5.41) is 7.43. The average Bonchev–Trinajstić information content (AvgIpc) is 2.68. The Balaban J connectivity index is 2.99. The van der Waals surface area contributed by atoms with Crippen LogP contribution in [0, 0.1) is 5.41 Å². The zero-order valence-corrected chi connectivity index (χ0v) is 20.1. The first kappa shape index (κ1) is 27.8. The van der Waals surface area contributed by atoms with E-state index in [9.17, 15) is 0 Å². The summed E-state index contributed by atoms with van der Waals surface area (Å²) in [6, 6.07) is 0. The van der Waals surface area contributed by atoms with E-state index in [1.54, 1.807) is 0 Å². The standard InChI is InChI=1S/C25H52N2S/c1-2-3-4-5-6-7-8-9-10-11-12-13-14-15-16-17-18-19-20-21-22-23-24-28-25(26)27/h2-24H2,1H3,(H3,26,27). The van der Waals surface area contributed by atoms with Crippen molar-refractivity contribution in [2.45, 2.75) is 148 Å². The molecule has 0 bridgehead atoms. The van der Waals surface area contributed by atoms with Crippen LogP contribution >= 0.6 is 11.8 Å². The van der Waals surface area contributed by atoms with Gasteiger partial charge < -0.3 is 5.73 Å². The van der Waals surface area contributed by atoms with Crippen LogP contribution in [0.1, 0.15) is 148 Å². The molecule has 0 atom stereocenters. The van der Waals surface area contributed by atoms with E-state index in [2.05, 4.69) is 6.92 Å². The number of unbranched alkanes of at least 4 members (excludes halogenated alkanes) is 21. The maximum Gasteiger partial charge on any atom is 0.151 e. The lowest BCUT2D eigenvalue weighted by atomic mass is 10.0. The van der Waals surface area contributed by atoms with Gasteiger partial charge in [0, 0.05) is 5.75 Å². The zero-order valence-electron chi connectivity index (χ0n) is 19.2. The van der Waals surface area contributed by atoms with E-state index in [1.165, 1.54) is 153 Å². The fourth-order valence-corrected chi connectivity index (χ4v) is 4.46. The normalized spacial score (nSPS) is 11.2. The molecule has 0 unspecified atom stereocenters. The Morgan fingerprint density at radius 1 is 0.500 bits per heavy atom. The molecule has 0 heterocycles. The van der Waals surface area contributed by atoms with Crippen LogP contribution in [-0.4, -0.2) is 10.9 Å². The molecule has 2 nitrogen and oxygen atoms in total. The minimum absolute atomic E-state index is 0.267. The van der Waals surface area contributed by atoms with Gasteiger partial charge in [0.1, 0.15) is 0 Å². The molecule has 0 saturated heterocycles. The van der Waals surface area contributed by atoms with Crippen LogP contribution in [0.25, 0.3) is 0 Å². The van der Waals surface area contributed by atoms with Crippen molar-refractivity contribution in [3.63, 3.8) is 0 Å². The lowest BCUT2D eigenvalue weighted by Crippen LogP contribution is -2.04. The van der Waals surface area contributed by atoms with Gasteiger partial charge in [-0.2, -0.15) is 0 Å².